The Morgan fingerprint density at radius 2 is 2.00 bits per heavy atom. The third kappa shape index (κ3) is 4.65. The van der Waals surface area contributed by atoms with Gasteiger partial charge in [0.25, 0.3) is 5.91 Å². The fraction of sp³-hybridized carbons (Fsp3) is 0.190. The van der Waals surface area contributed by atoms with Gasteiger partial charge in [0.2, 0.25) is 5.88 Å². The van der Waals surface area contributed by atoms with Crippen LogP contribution in [0.5, 0.6) is 5.88 Å². The smallest absolute Gasteiger partial charge is 0.275 e. The molecule has 2 atom stereocenters. The van der Waals surface area contributed by atoms with Crippen molar-refractivity contribution in [1.29, 1.82) is 0 Å². The van der Waals surface area contributed by atoms with E-state index >= 15 is 0 Å². The molecule has 0 radical (unpaired) electrons. The van der Waals surface area contributed by atoms with Gasteiger partial charge in [0.1, 0.15) is 17.3 Å². The van der Waals surface area contributed by atoms with Gasteiger partial charge in [-0.3, -0.25) is 14.8 Å². The molecule has 12 heteroatoms. The molecule has 1 amide bonds. The Balaban J connectivity index is 1.61. The zero-order chi connectivity index (χ0) is 23.6. The maximum absolute atomic E-state index is 14.6. The molecule has 2 aromatic heterocycles. The molecule has 3 aromatic rings. The lowest BCUT2D eigenvalue weighted by Crippen LogP contribution is -2.37. The number of nitrogens with two attached hydrogens (primary N) is 1. The molecule has 4 rings (SSSR count). The number of amides is 1. The molecule has 0 bridgehead atoms. The van der Waals surface area contributed by atoms with Gasteiger partial charge >= 0.3 is 0 Å². The topological polar surface area (TPSA) is 150 Å². The molecular weight excluding hydrogens is 451 g/mol. The summed E-state index contributed by atoms with van der Waals surface area (Å²) < 4.78 is 45.5. The number of benzene rings is 1. The average molecular weight is 470 g/mol. The van der Waals surface area contributed by atoms with Crippen molar-refractivity contribution in [2.45, 2.75) is 11.3 Å². The first-order valence-corrected chi connectivity index (χ1v) is 11.4. The number of nitrogens with zero attached hydrogens (tertiary/aromatic N) is 4. The maximum atomic E-state index is 14.6. The van der Waals surface area contributed by atoms with Crippen molar-refractivity contribution in [3.63, 3.8) is 0 Å². The fourth-order valence-electron chi connectivity index (χ4n) is 3.42. The lowest BCUT2D eigenvalue weighted by atomic mass is 10.1. The predicted octanol–water partition coefficient (Wildman–Crippen LogP) is 1.84. The number of ether oxygens (including phenoxy) is 1. The molecule has 1 aliphatic rings. The van der Waals surface area contributed by atoms with Crippen molar-refractivity contribution in [2.75, 3.05) is 18.2 Å². The van der Waals surface area contributed by atoms with Crippen molar-refractivity contribution >= 4 is 27.3 Å². The van der Waals surface area contributed by atoms with E-state index < -0.39 is 38.6 Å². The van der Waals surface area contributed by atoms with Crippen LogP contribution in [0.15, 0.2) is 60.0 Å². The van der Waals surface area contributed by atoms with Crippen LogP contribution >= 0.6 is 0 Å². The predicted molar refractivity (Wildman–Crippen MR) is 118 cm³/mol. The number of rotatable bonds is 5. The van der Waals surface area contributed by atoms with Crippen LogP contribution in [-0.4, -0.2) is 48.0 Å². The van der Waals surface area contributed by atoms with E-state index in [2.05, 4.69) is 25.3 Å². The Morgan fingerprint density at radius 1 is 1.18 bits per heavy atom. The number of anilines is 1. The van der Waals surface area contributed by atoms with E-state index in [1.807, 2.05) is 0 Å². The Hall–Kier alpha value is -3.93. The SMILES string of the molecule is COc1cnc(C(=O)Nc2ccc(F)c(C3CS(=O)(=O)C(c4ccccn4)C(N)=N3)c2)cn1. The van der Waals surface area contributed by atoms with E-state index in [4.69, 9.17) is 10.5 Å². The third-order valence-corrected chi connectivity index (χ3v) is 6.94. The highest BCUT2D eigenvalue weighted by Crippen LogP contribution is 2.35. The molecule has 10 nitrogen and oxygen atoms in total. The number of hydrogen-bond acceptors (Lipinski definition) is 9. The largest absolute Gasteiger partial charge is 0.480 e. The van der Waals surface area contributed by atoms with Gasteiger partial charge in [-0.15, -0.1) is 0 Å². The minimum Gasteiger partial charge on any atom is -0.480 e. The van der Waals surface area contributed by atoms with E-state index in [1.165, 1.54) is 37.8 Å². The zero-order valence-corrected chi connectivity index (χ0v) is 18.2. The Morgan fingerprint density at radius 3 is 2.64 bits per heavy atom. The number of methoxy groups -OCH3 is 1. The first-order chi connectivity index (χ1) is 15.8. The van der Waals surface area contributed by atoms with Crippen molar-refractivity contribution in [3.8, 4) is 5.88 Å². The lowest BCUT2D eigenvalue weighted by molar-refractivity contribution is 0.102. The summed E-state index contributed by atoms with van der Waals surface area (Å²) in [5, 5.41) is 1.38. The molecule has 0 fully saturated rings. The third-order valence-electron chi connectivity index (χ3n) is 4.96. The van der Waals surface area contributed by atoms with Crippen LogP contribution < -0.4 is 15.8 Å². The molecule has 0 aliphatic carbocycles. The normalized spacial score (nSPS) is 19.4. The number of carbonyl (C=O) groups excluding carboxylic acids is 1. The van der Waals surface area contributed by atoms with Gasteiger partial charge in [0.15, 0.2) is 15.1 Å². The molecule has 0 spiro atoms. The highest BCUT2D eigenvalue weighted by Gasteiger charge is 2.39. The molecule has 1 aromatic carbocycles. The second-order valence-electron chi connectivity index (χ2n) is 7.17. The summed E-state index contributed by atoms with van der Waals surface area (Å²) in [5.41, 5.74) is 6.48. The Labute approximate surface area is 188 Å². The van der Waals surface area contributed by atoms with Crippen molar-refractivity contribution < 1.29 is 22.3 Å². The van der Waals surface area contributed by atoms with Crippen molar-refractivity contribution in [2.24, 2.45) is 10.7 Å². The van der Waals surface area contributed by atoms with E-state index in [0.717, 1.165) is 6.07 Å². The first-order valence-electron chi connectivity index (χ1n) is 9.71. The molecule has 0 saturated carbocycles. The molecular formula is C21H19FN6O4S. The average Bonchev–Trinajstić information content (AvgIpc) is 2.80. The highest BCUT2D eigenvalue weighted by atomic mass is 32.2. The van der Waals surface area contributed by atoms with E-state index in [9.17, 15) is 17.6 Å². The number of aromatic nitrogens is 3. The summed E-state index contributed by atoms with van der Waals surface area (Å²) in [6.07, 6.45) is 3.98. The van der Waals surface area contributed by atoms with E-state index in [1.54, 1.807) is 18.2 Å². The number of nitrogens with one attached hydrogen (secondary N) is 1. The first kappa shape index (κ1) is 22.3. The summed E-state index contributed by atoms with van der Waals surface area (Å²) >= 11 is 0. The fourth-order valence-corrected chi connectivity index (χ4v) is 5.24. The maximum Gasteiger partial charge on any atom is 0.275 e. The van der Waals surface area contributed by atoms with Gasteiger partial charge in [-0.05, 0) is 30.3 Å². The number of pyridine rings is 1. The van der Waals surface area contributed by atoms with Crippen LogP contribution in [0.1, 0.15) is 33.0 Å². The number of sulfone groups is 1. The van der Waals surface area contributed by atoms with Gasteiger partial charge in [-0.1, -0.05) is 6.07 Å². The van der Waals surface area contributed by atoms with Crippen LogP contribution in [-0.2, 0) is 9.84 Å². The summed E-state index contributed by atoms with van der Waals surface area (Å²) in [5.74, 6) is -1.66. The summed E-state index contributed by atoms with van der Waals surface area (Å²) in [7, 11) is -2.41. The summed E-state index contributed by atoms with van der Waals surface area (Å²) in [6.45, 7) is 0. The Kier molecular flexibility index (Phi) is 6.01. The van der Waals surface area contributed by atoms with E-state index in [0.29, 0.717) is 0 Å². The summed E-state index contributed by atoms with van der Waals surface area (Å²) in [4.78, 5) is 28.6. The molecule has 2 unspecified atom stereocenters. The van der Waals surface area contributed by atoms with Crippen LogP contribution in [0.4, 0.5) is 10.1 Å². The van der Waals surface area contributed by atoms with Crippen LogP contribution in [0, 0.1) is 5.82 Å². The molecule has 1 aliphatic heterocycles. The van der Waals surface area contributed by atoms with Gasteiger partial charge < -0.3 is 15.8 Å². The van der Waals surface area contributed by atoms with Crippen molar-refractivity contribution in [1.82, 2.24) is 15.0 Å². The lowest BCUT2D eigenvalue weighted by Gasteiger charge is -2.26. The van der Waals surface area contributed by atoms with Gasteiger partial charge in [-0.25, -0.2) is 22.8 Å². The molecule has 3 heterocycles. The van der Waals surface area contributed by atoms with Crippen molar-refractivity contribution in [3.05, 3.63) is 77.8 Å². The Bertz CT molecular complexity index is 1320. The second-order valence-corrected chi connectivity index (χ2v) is 9.30. The number of aliphatic imine (C=N–C) groups is 1. The van der Waals surface area contributed by atoms with Crippen LogP contribution in [0.25, 0.3) is 0 Å². The number of hydrogen-bond donors (Lipinski definition) is 2. The van der Waals surface area contributed by atoms with Crippen LogP contribution in [0.3, 0.4) is 0 Å². The number of amidine groups is 1. The highest BCUT2D eigenvalue weighted by molar-refractivity contribution is 7.92. The minimum absolute atomic E-state index is 0.0142. The van der Waals surface area contributed by atoms with Gasteiger partial charge in [-0.2, -0.15) is 0 Å². The number of halogens is 1. The van der Waals surface area contributed by atoms with Gasteiger partial charge in [0, 0.05) is 17.4 Å². The van der Waals surface area contributed by atoms with Gasteiger partial charge in [0.05, 0.1) is 37.0 Å². The molecule has 170 valence electrons. The number of carbonyl (C=O) groups is 1. The van der Waals surface area contributed by atoms with E-state index in [-0.39, 0.29) is 34.4 Å². The van der Waals surface area contributed by atoms with Crippen LogP contribution in [0.2, 0.25) is 0 Å². The molecule has 0 saturated heterocycles. The molecule has 3 N–H and O–H groups in total. The zero-order valence-electron chi connectivity index (χ0n) is 17.3. The molecule has 33 heavy (non-hydrogen) atoms. The quantitative estimate of drug-likeness (QED) is 0.574. The minimum atomic E-state index is -3.83. The summed E-state index contributed by atoms with van der Waals surface area (Å²) in [6, 6.07) is 7.56. The second kappa shape index (κ2) is 8.90. The standard InChI is InChI=1S/C21H19FN6O4S/c1-32-18-10-25-16(9-26-18)21(29)27-12-5-6-14(22)13(8-12)17-11-33(30,31)19(20(23)28-17)15-4-2-3-7-24-15/h2-10,17,19H,11H2,1H3,(H2,23,28)(H,27,29). The monoisotopic (exact) mass is 470 g/mol.